The van der Waals surface area contributed by atoms with Crippen molar-refractivity contribution < 1.29 is 9.18 Å². The second kappa shape index (κ2) is 8.13. The highest BCUT2D eigenvalue weighted by Gasteiger charge is 2.14. The van der Waals surface area contributed by atoms with Crippen molar-refractivity contribution >= 4 is 35.0 Å². The molecule has 2 aromatic carbocycles. The van der Waals surface area contributed by atoms with Gasteiger partial charge in [-0.25, -0.2) is 9.82 Å². The summed E-state index contributed by atoms with van der Waals surface area (Å²) < 4.78 is 12.9. The van der Waals surface area contributed by atoms with E-state index in [4.69, 9.17) is 11.6 Å². The highest BCUT2D eigenvalue weighted by atomic mass is 35.5. The number of hydrogen-bond acceptors (Lipinski definition) is 3. The van der Waals surface area contributed by atoms with Gasteiger partial charge in [0.1, 0.15) is 5.82 Å². The molecule has 0 saturated heterocycles. The number of hydrogen-bond donors (Lipinski definition) is 1. The fourth-order valence-electron chi connectivity index (χ4n) is 1.76. The Bertz CT molecular complexity index is 702. The summed E-state index contributed by atoms with van der Waals surface area (Å²) in [4.78, 5) is 13.0. The fraction of sp³-hybridized carbons (Fsp3) is 0.176. The van der Waals surface area contributed by atoms with Crippen molar-refractivity contribution in [1.29, 1.82) is 0 Å². The Labute approximate surface area is 143 Å². The van der Waals surface area contributed by atoms with Crippen molar-refractivity contribution in [2.45, 2.75) is 24.0 Å². The number of carbonyl (C=O) groups is 1. The molecule has 3 nitrogen and oxygen atoms in total. The molecule has 0 aliphatic carbocycles. The van der Waals surface area contributed by atoms with E-state index >= 15 is 0 Å². The van der Waals surface area contributed by atoms with Crippen LogP contribution in [0, 0.1) is 5.82 Å². The van der Waals surface area contributed by atoms with Crippen molar-refractivity contribution in [2.24, 2.45) is 5.10 Å². The number of rotatable bonds is 5. The van der Waals surface area contributed by atoms with Gasteiger partial charge in [-0.3, -0.25) is 4.79 Å². The van der Waals surface area contributed by atoms with Crippen molar-refractivity contribution in [3.63, 3.8) is 0 Å². The van der Waals surface area contributed by atoms with E-state index in [1.165, 1.54) is 23.9 Å². The Balaban J connectivity index is 1.93. The van der Waals surface area contributed by atoms with Gasteiger partial charge in [-0.05, 0) is 55.8 Å². The molecule has 23 heavy (non-hydrogen) atoms. The van der Waals surface area contributed by atoms with E-state index in [0.717, 1.165) is 10.5 Å². The second-order valence-corrected chi connectivity index (χ2v) is 6.74. The standard InChI is InChI=1S/C17H16ClFN2OS/c1-11(13-3-7-15(19)8-4-13)20-21-17(22)12(2)23-16-9-5-14(18)6-10-16/h3-10,12H,1-2H3,(H,21,22)/b20-11-/t12-/m0/s1. The van der Waals surface area contributed by atoms with Crippen LogP contribution >= 0.6 is 23.4 Å². The van der Waals surface area contributed by atoms with Gasteiger partial charge in [0.25, 0.3) is 5.91 Å². The second-order valence-electron chi connectivity index (χ2n) is 4.89. The van der Waals surface area contributed by atoms with E-state index in [9.17, 15) is 9.18 Å². The number of benzene rings is 2. The molecule has 0 bridgehead atoms. The van der Waals surface area contributed by atoms with Crippen LogP contribution in [0.5, 0.6) is 0 Å². The predicted octanol–water partition coefficient (Wildman–Crippen LogP) is 4.50. The van der Waals surface area contributed by atoms with Crippen LogP contribution in [0.4, 0.5) is 4.39 Å². The molecule has 2 aromatic rings. The zero-order valence-electron chi connectivity index (χ0n) is 12.7. The number of thioether (sulfide) groups is 1. The maximum absolute atomic E-state index is 12.9. The van der Waals surface area contributed by atoms with Crippen LogP contribution in [0.3, 0.4) is 0 Å². The van der Waals surface area contributed by atoms with Crippen molar-refractivity contribution in [3.8, 4) is 0 Å². The number of nitrogens with one attached hydrogen (secondary N) is 1. The molecule has 0 aliphatic heterocycles. The average Bonchev–Trinajstić information content (AvgIpc) is 2.55. The van der Waals surface area contributed by atoms with Gasteiger partial charge in [0.05, 0.1) is 11.0 Å². The van der Waals surface area contributed by atoms with Gasteiger partial charge in [-0.2, -0.15) is 5.10 Å². The molecular formula is C17H16ClFN2OS. The quantitative estimate of drug-likeness (QED) is 0.490. The summed E-state index contributed by atoms with van der Waals surface area (Å²) in [6.45, 7) is 3.56. The summed E-state index contributed by atoms with van der Waals surface area (Å²) in [5.74, 6) is -0.509. The Hall–Kier alpha value is -1.85. The molecule has 1 N–H and O–H groups in total. The van der Waals surface area contributed by atoms with E-state index in [-0.39, 0.29) is 17.0 Å². The predicted molar refractivity (Wildman–Crippen MR) is 93.5 cm³/mol. The lowest BCUT2D eigenvalue weighted by molar-refractivity contribution is -0.120. The molecule has 0 aromatic heterocycles. The third-order valence-electron chi connectivity index (χ3n) is 3.09. The van der Waals surface area contributed by atoms with Gasteiger partial charge in [0, 0.05) is 9.92 Å². The first kappa shape index (κ1) is 17.5. The number of carbonyl (C=O) groups excluding carboxylic acids is 1. The van der Waals surface area contributed by atoms with Crippen LogP contribution in [0.15, 0.2) is 58.5 Å². The zero-order chi connectivity index (χ0) is 16.8. The summed E-state index contributed by atoms with van der Waals surface area (Å²) >= 11 is 7.25. The van der Waals surface area contributed by atoms with Crippen LogP contribution in [-0.4, -0.2) is 16.9 Å². The van der Waals surface area contributed by atoms with Crippen LogP contribution in [0.1, 0.15) is 19.4 Å². The molecule has 0 radical (unpaired) electrons. The molecule has 0 saturated carbocycles. The van der Waals surface area contributed by atoms with Gasteiger partial charge in [-0.15, -0.1) is 11.8 Å². The minimum absolute atomic E-state index is 0.202. The molecule has 0 unspecified atom stereocenters. The lowest BCUT2D eigenvalue weighted by Crippen LogP contribution is -2.27. The van der Waals surface area contributed by atoms with E-state index in [1.807, 2.05) is 12.1 Å². The summed E-state index contributed by atoms with van der Waals surface area (Å²) in [6, 6.07) is 13.2. The van der Waals surface area contributed by atoms with Crippen LogP contribution in [0.2, 0.25) is 5.02 Å². The number of nitrogens with zero attached hydrogens (tertiary/aromatic N) is 1. The maximum Gasteiger partial charge on any atom is 0.253 e. The zero-order valence-corrected chi connectivity index (χ0v) is 14.3. The Morgan fingerprint density at radius 3 is 2.39 bits per heavy atom. The molecule has 0 aliphatic rings. The molecular weight excluding hydrogens is 335 g/mol. The molecule has 0 heterocycles. The SMILES string of the molecule is C/C(=N/NC(=O)[C@H](C)Sc1ccc(Cl)cc1)c1ccc(F)cc1. The third kappa shape index (κ3) is 5.37. The first-order valence-corrected chi connectivity index (χ1v) is 8.24. The van der Waals surface area contributed by atoms with Gasteiger partial charge in [0.2, 0.25) is 0 Å². The third-order valence-corrected chi connectivity index (χ3v) is 4.46. The Morgan fingerprint density at radius 2 is 1.78 bits per heavy atom. The average molecular weight is 351 g/mol. The molecule has 1 amide bonds. The van der Waals surface area contributed by atoms with Gasteiger partial charge < -0.3 is 0 Å². The minimum Gasteiger partial charge on any atom is -0.272 e. The highest BCUT2D eigenvalue weighted by Crippen LogP contribution is 2.24. The summed E-state index contributed by atoms with van der Waals surface area (Å²) in [7, 11) is 0. The Kier molecular flexibility index (Phi) is 6.19. The Morgan fingerprint density at radius 1 is 1.17 bits per heavy atom. The maximum atomic E-state index is 12.9. The highest BCUT2D eigenvalue weighted by molar-refractivity contribution is 8.00. The van der Waals surface area contributed by atoms with Crippen LogP contribution in [-0.2, 0) is 4.79 Å². The topological polar surface area (TPSA) is 41.5 Å². The summed E-state index contributed by atoms with van der Waals surface area (Å²) in [5.41, 5.74) is 3.90. The largest absolute Gasteiger partial charge is 0.272 e. The van der Waals surface area contributed by atoms with Gasteiger partial charge >= 0.3 is 0 Å². The smallest absolute Gasteiger partial charge is 0.253 e. The summed E-state index contributed by atoms with van der Waals surface area (Å²) in [5, 5.41) is 4.41. The molecule has 120 valence electrons. The van der Waals surface area contributed by atoms with E-state index < -0.39 is 0 Å². The molecule has 0 spiro atoms. The molecule has 0 fully saturated rings. The number of hydrazone groups is 1. The molecule has 2 rings (SSSR count). The fourth-order valence-corrected chi connectivity index (χ4v) is 2.74. The minimum atomic E-state index is -0.307. The first-order chi connectivity index (χ1) is 11.0. The van der Waals surface area contributed by atoms with Crippen molar-refractivity contribution in [2.75, 3.05) is 0 Å². The monoisotopic (exact) mass is 350 g/mol. The lowest BCUT2D eigenvalue weighted by Gasteiger charge is -2.10. The van der Waals surface area contributed by atoms with Crippen LogP contribution in [0.25, 0.3) is 0 Å². The number of halogens is 2. The van der Waals surface area contributed by atoms with Crippen molar-refractivity contribution in [3.05, 3.63) is 64.9 Å². The molecule has 1 atom stereocenters. The lowest BCUT2D eigenvalue weighted by atomic mass is 10.1. The normalized spacial score (nSPS) is 12.8. The summed E-state index contributed by atoms with van der Waals surface area (Å²) in [6.07, 6.45) is 0. The van der Waals surface area contributed by atoms with E-state index in [2.05, 4.69) is 10.5 Å². The number of amides is 1. The van der Waals surface area contributed by atoms with E-state index in [1.54, 1.807) is 38.1 Å². The molecule has 6 heteroatoms. The van der Waals surface area contributed by atoms with Crippen LogP contribution < -0.4 is 5.43 Å². The first-order valence-electron chi connectivity index (χ1n) is 6.98. The van der Waals surface area contributed by atoms with Gasteiger partial charge in [0.15, 0.2) is 0 Å². The van der Waals surface area contributed by atoms with Gasteiger partial charge in [-0.1, -0.05) is 23.7 Å². The van der Waals surface area contributed by atoms with E-state index in [0.29, 0.717) is 10.7 Å². The van der Waals surface area contributed by atoms with Crippen molar-refractivity contribution in [1.82, 2.24) is 5.43 Å².